The third-order valence-electron chi connectivity index (χ3n) is 1.97. The molecule has 0 bridgehead atoms. The highest BCUT2D eigenvalue weighted by Crippen LogP contribution is 2.42. The Bertz CT molecular complexity index is 389. The maximum Gasteiger partial charge on any atom is 0.288 e. The molecule has 1 aromatic carbocycles. The number of halogens is 2. The second-order valence-electron chi connectivity index (χ2n) is 2.83. The largest absolute Gasteiger partial charge is 0.506 e. The van der Waals surface area contributed by atoms with E-state index in [1.165, 1.54) is 0 Å². The van der Waals surface area contributed by atoms with Crippen molar-refractivity contribution in [2.75, 3.05) is 0 Å². The Kier molecular flexibility index (Phi) is 3.16. The van der Waals surface area contributed by atoms with Crippen LogP contribution in [0.3, 0.4) is 0 Å². The Labute approximate surface area is 97.3 Å². The minimum Gasteiger partial charge on any atom is -0.506 e. The minimum atomic E-state index is -0.476. The first-order valence-corrected chi connectivity index (χ1v) is 5.28. The number of nitro groups is 1. The normalized spacial score (nSPS) is 10.3. The average Bonchev–Trinajstić information content (AvgIpc) is 2.11. The number of rotatable bonds is 1. The van der Waals surface area contributed by atoms with Gasteiger partial charge in [-0.3, -0.25) is 10.1 Å². The maximum absolute atomic E-state index is 10.7. The topological polar surface area (TPSA) is 63.4 Å². The molecule has 1 N–H and O–H groups in total. The van der Waals surface area contributed by atoms with E-state index < -0.39 is 4.92 Å². The van der Waals surface area contributed by atoms with Crippen molar-refractivity contribution in [2.24, 2.45) is 0 Å². The van der Waals surface area contributed by atoms with Crippen LogP contribution in [0, 0.1) is 24.0 Å². The third kappa shape index (κ3) is 1.64. The quantitative estimate of drug-likeness (QED) is 0.635. The van der Waals surface area contributed by atoms with Gasteiger partial charge >= 0.3 is 0 Å². The first-order chi connectivity index (χ1) is 6.37. The fourth-order valence-corrected chi connectivity index (χ4v) is 2.22. The van der Waals surface area contributed by atoms with Crippen LogP contribution in [0.2, 0.25) is 0 Å². The molecule has 1 aromatic rings. The second kappa shape index (κ2) is 3.86. The molecule has 4 nitrogen and oxygen atoms in total. The summed E-state index contributed by atoms with van der Waals surface area (Å²) in [5.41, 5.74) is 0.839. The summed E-state index contributed by atoms with van der Waals surface area (Å²) in [5, 5.41) is 20.3. The number of nitrogens with zero attached hydrogens (tertiary/aromatic N) is 1. The van der Waals surface area contributed by atoms with Gasteiger partial charge in [0.15, 0.2) is 0 Å². The fraction of sp³-hybridized carbons (Fsp3) is 0.250. The first kappa shape index (κ1) is 11.5. The molecule has 0 saturated heterocycles. The van der Waals surface area contributed by atoms with Crippen LogP contribution in [0.25, 0.3) is 0 Å². The molecule has 1 rings (SSSR count). The lowest BCUT2D eigenvalue weighted by atomic mass is 10.1. The summed E-state index contributed by atoms with van der Waals surface area (Å²) in [6.07, 6.45) is 0. The van der Waals surface area contributed by atoms with Crippen molar-refractivity contribution in [2.45, 2.75) is 13.8 Å². The molecule has 6 heteroatoms. The zero-order valence-electron chi connectivity index (χ0n) is 7.47. The van der Waals surface area contributed by atoms with Gasteiger partial charge in [-0.15, -0.1) is 0 Å². The van der Waals surface area contributed by atoms with E-state index in [4.69, 9.17) is 0 Å². The van der Waals surface area contributed by atoms with E-state index in [1.807, 2.05) is 0 Å². The van der Waals surface area contributed by atoms with E-state index >= 15 is 0 Å². The highest BCUT2D eigenvalue weighted by molar-refractivity contribution is 9.11. The molecule has 0 aromatic heterocycles. The SMILES string of the molecule is Cc1c(O)c(Br)c(C)c([N+](=O)[O-])c1Br. The van der Waals surface area contributed by atoms with Gasteiger partial charge in [0, 0.05) is 11.1 Å². The van der Waals surface area contributed by atoms with Crippen LogP contribution in [0.1, 0.15) is 11.1 Å². The van der Waals surface area contributed by atoms with Crippen LogP contribution in [-0.2, 0) is 0 Å². The van der Waals surface area contributed by atoms with Gasteiger partial charge in [0.2, 0.25) is 0 Å². The maximum atomic E-state index is 10.7. The van der Waals surface area contributed by atoms with Crippen molar-refractivity contribution >= 4 is 37.5 Å². The highest BCUT2D eigenvalue weighted by Gasteiger charge is 2.24. The van der Waals surface area contributed by atoms with E-state index in [0.29, 0.717) is 20.1 Å². The van der Waals surface area contributed by atoms with E-state index in [-0.39, 0.29) is 11.4 Å². The molecule has 14 heavy (non-hydrogen) atoms. The molecule has 0 heterocycles. The van der Waals surface area contributed by atoms with Crippen LogP contribution >= 0.6 is 31.9 Å². The zero-order valence-corrected chi connectivity index (χ0v) is 10.6. The van der Waals surface area contributed by atoms with E-state index in [0.717, 1.165) is 0 Å². The number of phenolic OH excluding ortho intramolecular Hbond substituents is 1. The van der Waals surface area contributed by atoms with Gasteiger partial charge in [0.1, 0.15) is 10.2 Å². The Hall–Kier alpha value is -0.620. The van der Waals surface area contributed by atoms with E-state index in [9.17, 15) is 15.2 Å². The molecule has 0 radical (unpaired) electrons. The van der Waals surface area contributed by atoms with Crippen LogP contribution in [0.5, 0.6) is 5.75 Å². The minimum absolute atomic E-state index is 0.0211. The molecule has 0 atom stereocenters. The predicted molar refractivity (Wildman–Crippen MR) is 59.6 cm³/mol. The molecule has 0 saturated carbocycles. The zero-order chi connectivity index (χ0) is 11.0. The lowest BCUT2D eigenvalue weighted by Crippen LogP contribution is -1.96. The Morgan fingerprint density at radius 2 is 1.71 bits per heavy atom. The average molecular weight is 325 g/mol. The molecular weight excluding hydrogens is 318 g/mol. The van der Waals surface area contributed by atoms with Gasteiger partial charge < -0.3 is 5.11 Å². The Morgan fingerprint density at radius 3 is 2.14 bits per heavy atom. The summed E-state index contributed by atoms with van der Waals surface area (Å²) < 4.78 is 0.686. The monoisotopic (exact) mass is 323 g/mol. The first-order valence-electron chi connectivity index (χ1n) is 3.69. The summed E-state index contributed by atoms with van der Waals surface area (Å²) in [6.45, 7) is 3.18. The molecule has 0 unspecified atom stereocenters. The lowest BCUT2D eigenvalue weighted by Gasteiger charge is -2.08. The van der Waals surface area contributed by atoms with E-state index in [2.05, 4.69) is 31.9 Å². The number of hydrogen-bond acceptors (Lipinski definition) is 3. The summed E-state index contributed by atoms with van der Waals surface area (Å²) in [6, 6.07) is 0. The van der Waals surface area contributed by atoms with Crippen molar-refractivity contribution in [3.8, 4) is 5.75 Å². The Balaban J connectivity index is 3.68. The molecule has 0 amide bonds. The predicted octanol–water partition coefficient (Wildman–Crippen LogP) is 3.44. The van der Waals surface area contributed by atoms with Crippen molar-refractivity contribution < 1.29 is 10.0 Å². The number of aromatic hydroxyl groups is 1. The van der Waals surface area contributed by atoms with Gasteiger partial charge in [-0.25, -0.2) is 0 Å². The molecule has 0 spiro atoms. The van der Waals surface area contributed by atoms with Gasteiger partial charge in [-0.1, -0.05) is 0 Å². The van der Waals surface area contributed by atoms with Crippen molar-refractivity contribution in [1.82, 2.24) is 0 Å². The van der Waals surface area contributed by atoms with Gasteiger partial charge in [0.05, 0.1) is 9.40 Å². The van der Waals surface area contributed by atoms with Crippen LogP contribution in [0.4, 0.5) is 5.69 Å². The summed E-state index contributed by atoms with van der Waals surface area (Å²) in [4.78, 5) is 10.3. The molecule has 0 aliphatic rings. The van der Waals surface area contributed by atoms with Crippen molar-refractivity contribution in [3.63, 3.8) is 0 Å². The summed E-state index contributed by atoms with van der Waals surface area (Å²) in [5.74, 6) is 0.0278. The number of benzene rings is 1. The van der Waals surface area contributed by atoms with Crippen molar-refractivity contribution in [3.05, 3.63) is 30.2 Å². The van der Waals surface area contributed by atoms with Crippen molar-refractivity contribution in [1.29, 1.82) is 0 Å². The number of phenols is 1. The molecule has 0 aliphatic heterocycles. The molecular formula is C8H7Br2NO3. The number of nitro benzene ring substituents is 1. The Morgan fingerprint density at radius 1 is 1.21 bits per heavy atom. The number of hydrogen-bond donors (Lipinski definition) is 1. The van der Waals surface area contributed by atoms with Gasteiger partial charge in [0.25, 0.3) is 5.69 Å². The summed E-state index contributed by atoms with van der Waals surface area (Å²) >= 11 is 6.20. The second-order valence-corrected chi connectivity index (χ2v) is 4.42. The standard InChI is InChI=1S/C8H7Br2NO3/c1-3-6(10)8(12)4(2)5(9)7(3)11(13)14/h12H,1-2H3. The van der Waals surface area contributed by atoms with Gasteiger partial charge in [-0.05, 0) is 45.7 Å². The fourth-order valence-electron chi connectivity index (χ4n) is 1.11. The molecule has 0 fully saturated rings. The third-order valence-corrected chi connectivity index (χ3v) is 3.91. The van der Waals surface area contributed by atoms with E-state index in [1.54, 1.807) is 13.8 Å². The molecule has 0 aliphatic carbocycles. The van der Waals surface area contributed by atoms with Crippen LogP contribution < -0.4 is 0 Å². The van der Waals surface area contributed by atoms with Crippen LogP contribution in [-0.4, -0.2) is 10.0 Å². The lowest BCUT2D eigenvalue weighted by molar-refractivity contribution is -0.386. The van der Waals surface area contributed by atoms with Gasteiger partial charge in [-0.2, -0.15) is 0 Å². The van der Waals surface area contributed by atoms with Crippen LogP contribution in [0.15, 0.2) is 8.95 Å². The highest BCUT2D eigenvalue weighted by atomic mass is 79.9. The summed E-state index contributed by atoms with van der Waals surface area (Å²) in [7, 11) is 0. The molecule has 76 valence electrons. The smallest absolute Gasteiger partial charge is 0.288 e.